The van der Waals surface area contributed by atoms with E-state index < -0.39 is 0 Å². The molecule has 1 aliphatic heterocycles. The standard InChI is InChI=1S/C23H21ClN6O2/c24-15-9-7-14(8-10-15)12-27-30-21(25)19(23(31)26-13-16-4-3-11-32-16)20-22(30)29-18-6-2-1-5-17(18)28-20/h1-2,5-10,12,16H,3-4,11,13,25H2,(H,26,31)/b27-12-/t16-/m0/s1. The molecule has 2 aromatic heterocycles. The molecule has 8 nitrogen and oxygen atoms in total. The van der Waals surface area contributed by atoms with Gasteiger partial charge in [-0.2, -0.15) is 9.78 Å². The first kappa shape index (κ1) is 20.4. The lowest BCUT2D eigenvalue weighted by Gasteiger charge is -2.10. The molecule has 1 amide bonds. The van der Waals surface area contributed by atoms with Gasteiger partial charge in [0, 0.05) is 18.2 Å². The molecule has 4 aromatic rings. The zero-order valence-corrected chi connectivity index (χ0v) is 17.9. The van der Waals surface area contributed by atoms with Crippen LogP contribution < -0.4 is 11.1 Å². The number of nitrogen functional groups attached to an aromatic ring is 1. The molecule has 1 saturated heterocycles. The summed E-state index contributed by atoms with van der Waals surface area (Å²) in [6, 6.07) is 14.7. The van der Waals surface area contributed by atoms with Gasteiger partial charge in [-0.1, -0.05) is 35.9 Å². The first-order valence-electron chi connectivity index (χ1n) is 10.4. The van der Waals surface area contributed by atoms with Crippen LogP contribution in [-0.4, -0.2) is 46.0 Å². The number of aromatic nitrogens is 3. The van der Waals surface area contributed by atoms with E-state index in [2.05, 4.69) is 20.4 Å². The normalized spacial score (nSPS) is 16.3. The van der Waals surface area contributed by atoms with Gasteiger partial charge in [-0.3, -0.25) is 4.79 Å². The Labute approximate surface area is 189 Å². The Balaban J connectivity index is 1.58. The first-order valence-corrected chi connectivity index (χ1v) is 10.7. The minimum atomic E-state index is -0.326. The van der Waals surface area contributed by atoms with E-state index in [0.29, 0.717) is 33.8 Å². The maximum absolute atomic E-state index is 13.1. The van der Waals surface area contributed by atoms with Crippen molar-refractivity contribution in [2.24, 2.45) is 5.10 Å². The molecule has 9 heteroatoms. The summed E-state index contributed by atoms with van der Waals surface area (Å²) >= 11 is 5.96. The second-order valence-electron chi connectivity index (χ2n) is 7.60. The van der Waals surface area contributed by atoms with Crippen molar-refractivity contribution in [1.29, 1.82) is 0 Å². The highest BCUT2D eigenvalue weighted by Gasteiger charge is 2.25. The Bertz CT molecular complexity index is 1330. The van der Waals surface area contributed by atoms with E-state index in [1.807, 2.05) is 36.4 Å². The molecule has 0 radical (unpaired) electrons. The third-order valence-electron chi connectivity index (χ3n) is 5.41. The van der Waals surface area contributed by atoms with Crippen molar-refractivity contribution in [3.63, 3.8) is 0 Å². The number of ether oxygens (including phenoxy) is 1. The summed E-state index contributed by atoms with van der Waals surface area (Å²) in [7, 11) is 0. The SMILES string of the molecule is Nc1c(C(=O)NC[C@@H]2CCCO2)c2nc3ccccc3nc2n1/N=C\c1ccc(Cl)cc1. The van der Waals surface area contributed by atoms with Crippen LogP contribution in [0.25, 0.3) is 22.2 Å². The molecule has 3 heterocycles. The summed E-state index contributed by atoms with van der Waals surface area (Å²) in [6.07, 6.45) is 3.58. The number of halogens is 1. The number of nitrogens with two attached hydrogens (primary N) is 1. The number of para-hydroxylation sites is 2. The number of anilines is 1. The monoisotopic (exact) mass is 448 g/mol. The molecule has 162 valence electrons. The van der Waals surface area contributed by atoms with Crippen molar-refractivity contribution < 1.29 is 9.53 Å². The van der Waals surface area contributed by atoms with Crippen LogP contribution in [-0.2, 0) is 4.74 Å². The second kappa shape index (κ2) is 8.57. The van der Waals surface area contributed by atoms with Crippen molar-refractivity contribution >= 4 is 51.7 Å². The van der Waals surface area contributed by atoms with E-state index in [1.54, 1.807) is 18.3 Å². The smallest absolute Gasteiger partial charge is 0.257 e. The molecule has 0 spiro atoms. The van der Waals surface area contributed by atoms with Crippen LogP contribution >= 0.6 is 11.6 Å². The summed E-state index contributed by atoms with van der Waals surface area (Å²) in [6.45, 7) is 1.14. The molecule has 1 aliphatic rings. The van der Waals surface area contributed by atoms with Crippen LogP contribution in [0, 0.1) is 0 Å². The number of hydrogen-bond donors (Lipinski definition) is 2. The molecule has 1 atom stereocenters. The highest BCUT2D eigenvalue weighted by molar-refractivity contribution is 6.30. The Morgan fingerprint density at radius 1 is 1.22 bits per heavy atom. The average molecular weight is 449 g/mol. The van der Waals surface area contributed by atoms with Crippen LogP contribution in [0.5, 0.6) is 0 Å². The highest BCUT2D eigenvalue weighted by atomic mass is 35.5. The van der Waals surface area contributed by atoms with E-state index in [9.17, 15) is 4.79 Å². The molecular weight excluding hydrogens is 428 g/mol. The summed E-state index contributed by atoms with van der Waals surface area (Å²) in [5.74, 6) is -0.154. The van der Waals surface area contributed by atoms with Gasteiger partial charge < -0.3 is 15.8 Å². The number of benzene rings is 2. The zero-order chi connectivity index (χ0) is 22.1. The lowest BCUT2D eigenvalue weighted by Crippen LogP contribution is -2.32. The topological polar surface area (TPSA) is 107 Å². The van der Waals surface area contributed by atoms with E-state index >= 15 is 0 Å². The number of carbonyl (C=O) groups excluding carboxylic acids is 1. The Hall–Kier alpha value is -3.49. The predicted octanol–water partition coefficient (Wildman–Crippen LogP) is 3.61. The maximum atomic E-state index is 13.1. The minimum Gasteiger partial charge on any atom is -0.383 e. The molecule has 32 heavy (non-hydrogen) atoms. The highest BCUT2D eigenvalue weighted by Crippen LogP contribution is 2.28. The maximum Gasteiger partial charge on any atom is 0.257 e. The Kier molecular flexibility index (Phi) is 5.46. The van der Waals surface area contributed by atoms with Crippen molar-refractivity contribution in [3.8, 4) is 0 Å². The van der Waals surface area contributed by atoms with Crippen molar-refractivity contribution in [2.75, 3.05) is 18.9 Å². The number of nitrogens with zero attached hydrogens (tertiary/aromatic N) is 4. The van der Waals surface area contributed by atoms with Gasteiger partial charge in [0.2, 0.25) is 0 Å². The van der Waals surface area contributed by atoms with Gasteiger partial charge in [0.05, 0.1) is 23.4 Å². The average Bonchev–Trinajstić information content (AvgIpc) is 3.41. The number of carbonyl (C=O) groups is 1. The van der Waals surface area contributed by atoms with Crippen LogP contribution in [0.15, 0.2) is 53.6 Å². The fourth-order valence-corrected chi connectivity index (χ4v) is 3.89. The van der Waals surface area contributed by atoms with Crippen LogP contribution in [0.3, 0.4) is 0 Å². The number of hydrogen-bond acceptors (Lipinski definition) is 6. The van der Waals surface area contributed by atoms with E-state index in [4.69, 9.17) is 22.1 Å². The van der Waals surface area contributed by atoms with Crippen LogP contribution in [0.2, 0.25) is 5.02 Å². The molecule has 0 bridgehead atoms. The van der Waals surface area contributed by atoms with E-state index in [0.717, 1.165) is 25.0 Å². The van der Waals surface area contributed by atoms with Gasteiger partial charge in [-0.05, 0) is 42.7 Å². The van der Waals surface area contributed by atoms with Gasteiger partial charge in [-0.15, -0.1) is 0 Å². The van der Waals surface area contributed by atoms with Gasteiger partial charge in [0.1, 0.15) is 16.9 Å². The van der Waals surface area contributed by atoms with Gasteiger partial charge in [0.25, 0.3) is 5.91 Å². The molecule has 1 fully saturated rings. The quantitative estimate of drug-likeness (QED) is 0.453. The largest absolute Gasteiger partial charge is 0.383 e. The zero-order valence-electron chi connectivity index (χ0n) is 17.2. The lowest BCUT2D eigenvalue weighted by atomic mass is 10.2. The molecule has 0 saturated carbocycles. The number of rotatable bonds is 5. The summed E-state index contributed by atoms with van der Waals surface area (Å²) in [5.41, 5.74) is 9.66. The third kappa shape index (κ3) is 3.90. The summed E-state index contributed by atoms with van der Waals surface area (Å²) in [5, 5.41) is 8.06. The predicted molar refractivity (Wildman–Crippen MR) is 125 cm³/mol. The number of fused-ring (bicyclic) bond motifs is 2. The van der Waals surface area contributed by atoms with Gasteiger partial charge in [0.15, 0.2) is 5.65 Å². The van der Waals surface area contributed by atoms with Crippen molar-refractivity contribution in [3.05, 3.63) is 64.7 Å². The van der Waals surface area contributed by atoms with Gasteiger partial charge in [-0.25, -0.2) is 9.97 Å². The fraction of sp³-hybridized carbons (Fsp3) is 0.217. The third-order valence-corrected chi connectivity index (χ3v) is 5.66. The Morgan fingerprint density at radius 2 is 1.97 bits per heavy atom. The number of nitrogens with one attached hydrogen (secondary N) is 1. The summed E-state index contributed by atoms with van der Waals surface area (Å²) < 4.78 is 7.05. The fourth-order valence-electron chi connectivity index (χ4n) is 3.76. The molecule has 0 aliphatic carbocycles. The van der Waals surface area contributed by atoms with Crippen molar-refractivity contribution in [2.45, 2.75) is 18.9 Å². The number of amides is 1. The lowest BCUT2D eigenvalue weighted by molar-refractivity contribution is 0.0859. The van der Waals surface area contributed by atoms with Crippen molar-refractivity contribution in [1.82, 2.24) is 20.0 Å². The molecule has 3 N–H and O–H groups in total. The molecule has 2 aromatic carbocycles. The molecule has 5 rings (SSSR count). The second-order valence-corrected chi connectivity index (χ2v) is 8.03. The van der Waals surface area contributed by atoms with Gasteiger partial charge >= 0.3 is 0 Å². The summed E-state index contributed by atoms with van der Waals surface area (Å²) in [4.78, 5) is 22.5. The van der Waals surface area contributed by atoms with E-state index in [1.165, 1.54) is 4.68 Å². The minimum absolute atomic E-state index is 0.0170. The molecule has 0 unspecified atom stereocenters. The van der Waals surface area contributed by atoms with E-state index in [-0.39, 0.29) is 23.4 Å². The van der Waals surface area contributed by atoms with Crippen LogP contribution in [0.1, 0.15) is 28.8 Å². The Morgan fingerprint density at radius 3 is 2.69 bits per heavy atom. The van der Waals surface area contributed by atoms with Crippen LogP contribution in [0.4, 0.5) is 5.82 Å². The first-order chi connectivity index (χ1) is 15.6. The molecular formula is C23H21ClN6O2.